The molecule has 0 amide bonds. The number of hydrogen-bond donors (Lipinski definition) is 0. The van der Waals surface area contributed by atoms with E-state index in [0.29, 0.717) is 6.54 Å². The molecule has 2 heteroatoms. The topological polar surface area (TPSA) is 27.0 Å². The summed E-state index contributed by atoms with van der Waals surface area (Å²) in [7, 11) is 0. The van der Waals surface area contributed by atoms with Crippen molar-refractivity contribution in [3.05, 3.63) is 12.7 Å². The molecule has 0 unspecified atom stereocenters. The molecular weight excluding hydrogens is 124 g/mol. The summed E-state index contributed by atoms with van der Waals surface area (Å²) < 4.78 is 0. The van der Waals surface area contributed by atoms with Crippen LogP contribution in [0.4, 0.5) is 0 Å². The molecule has 0 saturated heterocycles. The molecule has 0 saturated carbocycles. The van der Waals surface area contributed by atoms with E-state index in [1.807, 2.05) is 6.08 Å². The Balaban J connectivity index is 3.41. The molecule has 0 bridgehead atoms. The molecular formula is C8H14N2. The van der Waals surface area contributed by atoms with Crippen molar-refractivity contribution in [2.45, 2.75) is 13.3 Å². The maximum absolute atomic E-state index is 8.35. The molecule has 0 atom stereocenters. The second-order valence-corrected chi connectivity index (χ2v) is 2.10. The van der Waals surface area contributed by atoms with Gasteiger partial charge in [0.1, 0.15) is 0 Å². The van der Waals surface area contributed by atoms with Gasteiger partial charge in [-0.15, -0.1) is 6.58 Å². The van der Waals surface area contributed by atoms with Crippen LogP contribution in [0.3, 0.4) is 0 Å². The van der Waals surface area contributed by atoms with Crippen LogP contribution in [0.25, 0.3) is 0 Å². The van der Waals surface area contributed by atoms with Crippen LogP contribution in [0, 0.1) is 11.3 Å². The van der Waals surface area contributed by atoms with Crippen LogP contribution in [0.15, 0.2) is 12.7 Å². The average molecular weight is 138 g/mol. The summed E-state index contributed by atoms with van der Waals surface area (Å²) in [5.41, 5.74) is 0. The molecule has 0 N–H and O–H groups in total. The number of nitriles is 1. The van der Waals surface area contributed by atoms with Crippen LogP contribution >= 0.6 is 0 Å². The van der Waals surface area contributed by atoms with E-state index in [9.17, 15) is 0 Å². The summed E-state index contributed by atoms with van der Waals surface area (Å²) in [6, 6.07) is 2.12. The molecule has 0 radical (unpaired) electrons. The molecule has 0 aromatic heterocycles. The highest BCUT2D eigenvalue weighted by Crippen LogP contribution is 1.89. The summed E-state index contributed by atoms with van der Waals surface area (Å²) in [5.74, 6) is 0. The van der Waals surface area contributed by atoms with Crippen LogP contribution in [-0.2, 0) is 0 Å². The molecule has 0 rings (SSSR count). The van der Waals surface area contributed by atoms with Crippen molar-refractivity contribution in [2.24, 2.45) is 0 Å². The first-order chi connectivity index (χ1) is 4.85. The monoisotopic (exact) mass is 138 g/mol. The molecule has 0 aliphatic rings. The van der Waals surface area contributed by atoms with E-state index in [1.54, 1.807) is 0 Å². The Bertz CT molecular complexity index is 124. The maximum atomic E-state index is 8.35. The van der Waals surface area contributed by atoms with E-state index in [2.05, 4.69) is 24.5 Å². The molecule has 0 fully saturated rings. The van der Waals surface area contributed by atoms with Gasteiger partial charge in [0.25, 0.3) is 0 Å². The third-order valence-electron chi connectivity index (χ3n) is 1.39. The van der Waals surface area contributed by atoms with Crippen molar-refractivity contribution in [3.63, 3.8) is 0 Å². The van der Waals surface area contributed by atoms with Gasteiger partial charge in [0, 0.05) is 6.54 Å². The molecule has 0 aromatic carbocycles. The number of nitrogens with zero attached hydrogens (tertiary/aromatic N) is 2. The van der Waals surface area contributed by atoms with Crippen LogP contribution in [0.2, 0.25) is 0 Å². The Hall–Kier alpha value is -0.810. The lowest BCUT2D eigenvalue weighted by atomic mass is 10.4. The van der Waals surface area contributed by atoms with Crippen LogP contribution in [0.1, 0.15) is 13.3 Å². The van der Waals surface area contributed by atoms with Gasteiger partial charge in [-0.2, -0.15) is 5.26 Å². The Labute approximate surface area is 62.8 Å². The summed E-state index contributed by atoms with van der Waals surface area (Å²) in [6.45, 7) is 8.10. The first kappa shape index (κ1) is 9.19. The normalized spacial score (nSPS) is 9.30. The van der Waals surface area contributed by atoms with E-state index in [0.717, 1.165) is 19.5 Å². The zero-order valence-corrected chi connectivity index (χ0v) is 6.51. The quantitative estimate of drug-likeness (QED) is 0.424. The SMILES string of the molecule is C=CCCN(CC)CC#N. The fraction of sp³-hybridized carbons (Fsp3) is 0.625. The molecule has 56 valence electrons. The van der Waals surface area contributed by atoms with Gasteiger partial charge in [0.2, 0.25) is 0 Å². The van der Waals surface area contributed by atoms with Crippen LogP contribution in [0.5, 0.6) is 0 Å². The maximum Gasteiger partial charge on any atom is 0.0865 e. The summed E-state index contributed by atoms with van der Waals surface area (Å²) in [4.78, 5) is 2.08. The van der Waals surface area contributed by atoms with Gasteiger partial charge >= 0.3 is 0 Å². The van der Waals surface area contributed by atoms with Gasteiger partial charge in [0.15, 0.2) is 0 Å². The first-order valence-corrected chi connectivity index (χ1v) is 3.55. The van der Waals surface area contributed by atoms with Gasteiger partial charge < -0.3 is 0 Å². The molecule has 2 nitrogen and oxygen atoms in total. The van der Waals surface area contributed by atoms with Crippen LogP contribution in [-0.4, -0.2) is 24.5 Å². The van der Waals surface area contributed by atoms with Gasteiger partial charge in [-0.1, -0.05) is 13.0 Å². The Kier molecular flexibility index (Phi) is 5.80. The zero-order chi connectivity index (χ0) is 7.82. The molecule has 0 aliphatic heterocycles. The van der Waals surface area contributed by atoms with Crippen molar-refractivity contribution in [1.82, 2.24) is 4.90 Å². The van der Waals surface area contributed by atoms with Gasteiger partial charge in [0.05, 0.1) is 12.6 Å². The average Bonchev–Trinajstić information content (AvgIpc) is 1.98. The van der Waals surface area contributed by atoms with Gasteiger partial charge in [-0.25, -0.2) is 0 Å². The lowest BCUT2D eigenvalue weighted by Gasteiger charge is -2.14. The Morgan fingerprint density at radius 2 is 2.40 bits per heavy atom. The predicted octanol–water partition coefficient (Wildman–Crippen LogP) is 1.41. The minimum atomic E-state index is 0.532. The van der Waals surface area contributed by atoms with Crippen molar-refractivity contribution in [3.8, 4) is 6.07 Å². The lowest BCUT2D eigenvalue weighted by molar-refractivity contribution is 0.329. The molecule has 0 aliphatic carbocycles. The van der Waals surface area contributed by atoms with Crippen LogP contribution < -0.4 is 0 Å². The first-order valence-electron chi connectivity index (χ1n) is 3.55. The minimum absolute atomic E-state index is 0.532. The minimum Gasteiger partial charge on any atom is -0.291 e. The van der Waals surface area contributed by atoms with E-state index in [1.165, 1.54) is 0 Å². The third-order valence-corrected chi connectivity index (χ3v) is 1.39. The summed E-state index contributed by atoms with van der Waals surface area (Å²) >= 11 is 0. The van der Waals surface area contributed by atoms with Crippen molar-refractivity contribution >= 4 is 0 Å². The Morgan fingerprint density at radius 3 is 2.80 bits per heavy atom. The number of hydrogen-bond acceptors (Lipinski definition) is 2. The van der Waals surface area contributed by atoms with E-state index < -0.39 is 0 Å². The fourth-order valence-corrected chi connectivity index (χ4v) is 0.723. The fourth-order valence-electron chi connectivity index (χ4n) is 0.723. The zero-order valence-electron chi connectivity index (χ0n) is 6.51. The number of rotatable bonds is 5. The predicted molar refractivity (Wildman–Crippen MR) is 42.5 cm³/mol. The van der Waals surface area contributed by atoms with Crippen molar-refractivity contribution in [1.29, 1.82) is 5.26 Å². The molecule has 0 spiro atoms. The van der Waals surface area contributed by atoms with E-state index in [4.69, 9.17) is 5.26 Å². The van der Waals surface area contributed by atoms with Gasteiger partial charge in [-0.05, 0) is 13.0 Å². The smallest absolute Gasteiger partial charge is 0.0865 e. The lowest BCUT2D eigenvalue weighted by Crippen LogP contribution is -2.24. The molecule has 0 aromatic rings. The molecule has 10 heavy (non-hydrogen) atoms. The largest absolute Gasteiger partial charge is 0.291 e. The highest BCUT2D eigenvalue weighted by molar-refractivity contribution is 4.77. The standard InChI is InChI=1S/C8H14N2/c1-3-5-7-10(4-2)8-6-9/h3H,1,4-5,7-8H2,2H3. The summed E-state index contributed by atoms with van der Waals surface area (Å²) in [6.07, 6.45) is 2.84. The van der Waals surface area contributed by atoms with Crippen molar-refractivity contribution < 1.29 is 0 Å². The van der Waals surface area contributed by atoms with Crippen molar-refractivity contribution in [2.75, 3.05) is 19.6 Å². The second-order valence-electron chi connectivity index (χ2n) is 2.10. The van der Waals surface area contributed by atoms with E-state index in [-0.39, 0.29) is 0 Å². The van der Waals surface area contributed by atoms with E-state index >= 15 is 0 Å². The highest BCUT2D eigenvalue weighted by Gasteiger charge is 1.96. The Morgan fingerprint density at radius 1 is 1.70 bits per heavy atom. The third kappa shape index (κ3) is 4.11. The van der Waals surface area contributed by atoms with Gasteiger partial charge in [-0.3, -0.25) is 4.90 Å². The second kappa shape index (κ2) is 6.31. The summed E-state index contributed by atoms with van der Waals surface area (Å²) in [5, 5.41) is 8.35. The highest BCUT2D eigenvalue weighted by atomic mass is 15.1. The molecule has 0 heterocycles.